The molecule has 2 aromatic carbocycles. The molecule has 0 saturated heterocycles. The monoisotopic (exact) mass is 493 g/mol. The lowest BCUT2D eigenvalue weighted by Gasteiger charge is -2.09. The van der Waals surface area contributed by atoms with Crippen LogP contribution in [0.1, 0.15) is 43.0 Å². The summed E-state index contributed by atoms with van der Waals surface area (Å²) in [4.78, 5) is 18.0. The van der Waals surface area contributed by atoms with Crippen LogP contribution in [0.3, 0.4) is 0 Å². The highest BCUT2D eigenvalue weighted by molar-refractivity contribution is 5.76. The van der Waals surface area contributed by atoms with Crippen molar-refractivity contribution in [2.24, 2.45) is 0 Å². The van der Waals surface area contributed by atoms with Gasteiger partial charge in [0.2, 0.25) is 5.82 Å². The molecule has 37 heavy (non-hydrogen) atoms. The zero-order chi connectivity index (χ0) is 25.5. The molecule has 8 heteroatoms. The van der Waals surface area contributed by atoms with Crippen molar-refractivity contribution in [1.82, 2.24) is 34.7 Å². The predicted octanol–water partition coefficient (Wildman–Crippen LogP) is 4.92. The van der Waals surface area contributed by atoms with Crippen LogP contribution in [0.15, 0.2) is 83.9 Å². The van der Waals surface area contributed by atoms with E-state index in [0.29, 0.717) is 18.9 Å². The van der Waals surface area contributed by atoms with Gasteiger partial charge in [0.1, 0.15) is 0 Å². The van der Waals surface area contributed by atoms with Gasteiger partial charge in [-0.3, -0.25) is 14.1 Å². The first-order chi connectivity index (χ1) is 18.2. The summed E-state index contributed by atoms with van der Waals surface area (Å²) >= 11 is 0. The van der Waals surface area contributed by atoms with Gasteiger partial charge in [0, 0.05) is 35.8 Å². The molecule has 8 nitrogen and oxygen atoms in total. The van der Waals surface area contributed by atoms with Crippen LogP contribution in [0.4, 0.5) is 0 Å². The molecule has 0 amide bonds. The van der Waals surface area contributed by atoms with Crippen molar-refractivity contribution >= 4 is 0 Å². The third-order valence-corrected chi connectivity index (χ3v) is 6.61. The SMILES string of the molecule is CCCCCc1cn(CCc2ccccc2)c(=O)n1Cc1ccc(-c2ncccc2-c2nn[nH]n2)cc1. The lowest BCUT2D eigenvalue weighted by atomic mass is 10.0. The lowest BCUT2D eigenvalue weighted by Crippen LogP contribution is -2.26. The molecule has 0 aliphatic heterocycles. The van der Waals surface area contributed by atoms with Crippen LogP contribution in [-0.4, -0.2) is 34.7 Å². The Balaban J connectivity index is 1.38. The summed E-state index contributed by atoms with van der Waals surface area (Å²) in [6, 6.07) is 22.3. The number of H-pyrrole nitrogens is 1. The predicted molar refractivity (Wildman–Crippen MR) is 144 cm³/mol. The van der Waals surface area contributed by atoms with Crippen LogP contribution in [-0.2, 0) is 25.9 Å². The quantitative estimate of drug-likeness (QED) is 0.264. The third kappa shape index (κ3) is 5.74. The van der Waals surface area contributed by atoms with E-state index in [9.17, 15) is 4.79 Å². The van der Waals surface area contributed by atoms with E-state index in [-0.39, 0.29) is 5.69 Å². The van der Waals surface area contributed by atoms with E-state index in [1.54, 1.807) is 6.20 Å². The summed E-state index contributed by atoms with van der Waals surface area (Å²) in [6.45, 7) is 3.41. The third-order valence-electron chi connectivity index (χ3n) is 6.61. The average Bonchev–Trinajstić information content (AvgIpc) is 3.58. The molecule has 0 unspecified atom stereocenters. The number of hydrogen-bond donors (Lipinski definition) is 1. The largest absolute Gasteiger partial charge is 0.328 e. The molecule has 0 aliphatic rings. The molecule has 0 fully saturated rings. The maximum Gasteiger partial charge on any atom is 0.328 e. The lowest BCUT2D eigenvalue weighted by molar-refractivity contribution is 0.622. The average molecular weight is 494 g/mol. The Morgan fingerprint density at radius 2 is 1.73 bits per heavy atom. The Bertz CT molecular complexity index is 1470. The molecule has 3 heterocycles. The molecule has 5 aromatic rings. The fourth-order valence-electron chi connectivity index (χ4n) is 4.60. The Labute approximate surface area is 216 Å². The number of tetrazole rings is 1. The number of benzene rings is 2. The van der Waals surface area contributed by atoms with Crippen molar-refractivity contribution in [2.75, 3.05) is 0 Å². The minimum atomic E-state index is 0.0515. The summed E-state index contributed by atoms with van der Waals surface area (Å²) in [5, 5.41) is 14.4. The van der Waals surface area contributed by atoms with Crippen LogP contribution >= 0.6 is 0 Å². The molecule has 0 bridgehead atoms. The maximum atomic E-state index is 13.4. The van der Waals surface area contributed by atoms with Gasteiger partial charge in [0.15, 0.2) is 0 Å². The highest BCUT2D eigenvalue weighted by Gasteiger charge is 2.14. The van der Waals surface area contributed by atoms with Crippen molar-refractivity contribution in [1.29, 1.82) is 0 Å². The second-order valence-corrected chi connectivity index (χ2v) is 9.21. The highest BCUT2D eigenvalue weighted by Crippen LogP contribution is 2.27. The van der Waals surface area contributed by atoms with Crippen LogP contribution in [0.5, 0.6) is 0 Å². The standard InChI is InChI=1S/C29H31N7O/c1-2-3-5-11-25-21-35(19-17-22-9-6-4-7-10-22)29(37)36(25)20-23-13-15-24(16-14-23)27-26(12-8-18-30-27)28-31-33-34-32-28/h4,6-10,12-16,18,21H,2-3,5,11,17,19-20H2,1H3,(H,31,32,33,34). The Kier molecular flexibility index (Phi) is 7.64. The summed E-state index contributed by atoms with van der Waals surface area (Å²) in [7, 11) is 0. The summed E-state index contributed by atoms with van der Waals surface area (Å²) in [6.07, 6.45) is 8.94. The summed E-state index contributed by atoms with van der Waals surface area (Å²) in [5.41, 5.74) is 6.02. The van der Waals surface area contributed by atoms with Crippen LogP contribution < -0.4 is 5.69 Å². The van der Waals surface area contributed by atoms with Gasteiger partial charge >= 0.3 is 5.69 Å². The normalized spacial score (nSPS) is 11.2. The molecule has 0 spiro atoms. The van der Waals surface area contributed by atoms with E-state index < -0.39 is 0 Å². The molecular weight excluding hydrogens is 462 g/mol. The number of pyridine rings is 1. The summed E-state index contributed by atoms with van der Waals surface area (Å²) < 4.78 is 3.80. The van der Waals surface area contributed by atoms with Gasteiger partial charge in [-0.15, -0.1) is 10.2 Å². The van der Waals surface area contributed by atoms with E-state index in [0.717, 1.165) is 60.2 Å². The number of aromatic nitrogens is 7. The maximum absolute atomic E-state index is 13.4. The number of hydrogen-bond acceptors (Lipinski definition) is 5. The number of aryl methyl sites for hydroxylation is 3. The van der Waals surface area contributed by atoms with Gasteiger partial charge in [0.05, 0.1) is 12.2 Å². The van der Waals surface area contributed by atoms with Crippen molar-refractivity contribution < 1.29 is 0 Å². The van der Waals surface area contributed by atoms with E-state index in [2.05, 4.69) is 63.0 Å². The van der Waals surface area contributed by atoms with E-state index in [4.69, 9.17) is 0 Å². The van der Waals surface area contributed by atoms with Crippen LogP contribution in [0, 0.1) is 0 Å². The minimum Gasteiger partial charge on any atom is -0.299 e. The number of nitrogens with one attached hydrogen (secondary N) is 1. The fourth-order valence-corrected chi connectivity index (χ4v) is 4.60. The van der Waals surface area contributed by atoms with Gasteiger partial charge in [-0.25, -0.2) is 4.79 Å². The van der Waals surface area contributed by atoms with Gasteiger partial charge in [-0.05, 0) is 47.7 Å². The number of nitrogens with zero attached hydrogens (tertiary/aromatic N) is 6. The smallest absolute Gasteiger partial charge is 0.299 e. The topological polar surface area (TPSA) is 94.3 Å². The fraction of sp³-hybridized carbons (Fsp3) is 0.276. The molecule has 0 aliphatic carbocycles. The molecule has 0 radical (unpaired) electrons. The zero-order valence-electron chi connectivity index (χ0n) is 21.0. The minimum absolute atomic E-state index is 0.0515. The highest BCUT2D eigenvalue weighted by atomic mass is 16.1. The number of aromatic amines is 1. The molecule has 1 N–H and O–H groups in total. The zero-order valence-corrected chi connectivity index (χ0v) is 21.0. The van der Waals surface area contributed by atoms with Crippen LogP contribution in [0.2, 0.25) is 0 Å². The van der Waals surface area contributed by atoms with Crippen molar-refractivity contribution in [3.63, 3.8) is 0 Å². The Hall–Kier alpha value is -4.33. The molecule has 3 aromatic heterocycles. The molecule has 0 saturated carbocycles. The number of imidazole rings is 1. The van der Waals surface area contributed by atoms with Crippen molar-refractivity contribution in [2.45, 2.75) is 52.1 Å². The first-order valence-corrected chi connectivity index (χ1v) is 12.8. The molecule has 5 rings (SSSR count). The van der Waals surface area contributed by atoms with Gasteiger partial charge in [0.25, 0.3) is 0 Å². The Morgan fingerprint density at radius 1 is 0.892 bits per heavy atom. The van der Waals surface area contributed by atoms with Crippen LogP contribution in [0.25, 0.3) is 22.6 Å². The second kappa shape index (κ2) is 11.6. The summed E-state index contributed by atoms with van der Waals surface area (Å²) in [5.74, 6) is 0.507. The van der Waals surface area contributed by atoms with E-state index >= 15 is 0 Å². The van der Waals surface area contributed by atoms with Gasteiger partial charge in [-0.1, -0.05) is 74.4 Å². The van der Waals surface area contributed by atoms with Gasteiger partial charge < -0.3 is 0 Å². The van der Waals surface area contributed by atoms with Gasteiger partial charge in [-0.2, -0.15) is 5.21 Å². The number of unbranched alkanes of at least 4 members (excludes halogenated alkanes) is 2. The molecule has 188 valence electrons. The van der Waals surface area contributed by atoms with Crippen molar-refractivity contribution in [3.05, 3.63) is 106 Å². The van der Waals surface area contributed by atoms with E-state index in [1.807, 2.05) is 51.6 Å². The molecule has 0 atom stereocenters. The Morgan fingerprint density at radius 3 is 2.49 bits per heavy atom. The first kappa shape index (κ1) is 24.4. The number of rotatable bonds is 11. The second-order valence-electron chi connectivity index (χ2n) is 9.21. The first-order valence-electron chi connectivity index (χ1n) is 12.8. The molecular formula is C29H31N7O. The van der Waals surface area contributed by atoms with Crippen molar-refractivity contribution in [3.8, 4) is 22.6 Å². The van der Waals surface area contributed by atoms with E-state index in [1.165, 1.54) is 5.56 Å².